The monoisotopic (exact) mass is 187 g/mol. The number of carbonyl (C=O) groups is 1. The summed E-state index contributed by atoms with van der Waals surface area (Å²) in [6.07, 6.45) is 2.44. The lowest BCUT2D eigenvalue weighted by atomic mass is 10.1. The average molecular weight is 187 g/mol. The number of ketones is 1. The van der Waals surface area contributed by atoms with Crippen LogP contribution < -0.4 is 0 Å². The van der Waals surface area contributed by atoms with E-state index >= 15 is 0 Å². The fraction of sp³-hybridized carbons (Fsp3) is 0.333. The summed E-state index contributed by atoms with van der Waals surface area (Å²) in [5, 5.41) is 8.58. The second-order valence-corrected chi connectivity index (χ2v) is 3.36. The molecule has 1 aromatic rings. The maximum Gasteiger partial charge on any atom is 0.129 e. The van der Waals surface area contributed by atoms with Crippen LogP contribution >= 0.6 is 0 Å². The first-order valence-corrected chi connectivity index (χ1v) is 4.71. The largest absolute Gasteiger partial charge is 0.300 e. The molecule has 0 amide bonds. The fourth-order valence-corrected chi connectivity index (χ4v) is 1.29. The molecule has 0 aliphatic rings. The topological polar surface area (TPSA) is 40.9 Å². The van der Waals surface area contributed by atoms with Crippen LogP contribution in [-0.2, 0) is 11.2 Å². The normalized spacial score (nSPS) is 9.43. The van der Waals surface area contributed by atoms with Crippen LogP contribution in [-0.4, -0.2) is 5.78 Å². The number of nitrogens with zero attached hydrogens (tertiary/aromatic N) is 1. The van der Waals surface area contributed by atoms with Crippen molar-refractivity contribution < 1.29 is 4.79 Å². The Labute approximate surface area is 84.2 Å². The summed E-state index contributed by atoms with van der Waals surface area (Å²) in [5.41, 5.74) is 1.87. The summed E-state index contributed by atoms with van der Waals surface area (Å²) in [5.74, 6) is 0.235. The maximum absolute atomic E-state index is 10.7. The predicted molar refractivity (Wildman–Crippen MR) is 54.8 cm³/mol. The number of hydrogen-bond acceptors (Lipinski definition) is 2. The molecule has 1 rings (SSSR count). The highest BCUT2D eigenvalue weighted by Gasteiger charge is 1.96. The molecule has 0 fully saturated rings. The Balaban J connectivity index is 2.45. The van der Waals surface area contributed by atoms with Gasteiger partial charge in [-0.05, 0) is 37.5 Å². The van der Waals surface area contributed by atoms with Crippen LogP contribution in [0.4, 0.5) is 0 Å². The molecular formula is C12H13NO. The van der Waals surface area contributed by atoms with Gasteiger partial charge in [0.05, 0.1) is 11.6 Å². The summed E-state index contributed by atoms with van der Waals surface area (Å²) in [6, 6.07) is 9.58. The molecule has 0 heterocycles. The SMILES string of the molecule is CC(=O)CCCc1ccc(C#N)cc1. The van der Waals surface area contributed by atoms with Crippen molar-refractivity contribution in [2.24, 2.45) is 0 Å². The Hall–Kier alpha value is -1.62. The number of Topliss-reactive ketones (excluding diaryl/α,β-unsaturated/α-hetero) is 1. The quantitative estimate of drug-likeness (QED) is 0.726. The van der Waals surface area contributed by atoms with Crippen LogP contribution in [0.25, 0.3) is 0 Å². The van der Waals surface area contributed by atoms with E-state index in [-0.39, 0.29) is 5.78 Å². The van der Waals surface area contributed by atoms with E-state index in [1.54, 1.807) is 6.92 Å². The van der Waals surface area contributed by atoms with Gasteiger partial charge in [0, 0.05) is 6.42 Å². The van der Waals surface area contributed by atoms with Gasteiger partial charge >= 0.3 is 0 Å². The summed E-state index contributed by atoms with van der Waals surface area (Å²) >= 11 is 0. The average Bonchev–Trinajstić information content (AvgIpc) is 2.18. The van der Waals surface area contributed by atoms with Crippen molar-refractivity contribution in [1.29, 1.82) is 5.26 Å². The van der Waals surface area contributed by atoms with Gasteiger partial charge in [-0.1, -0.05) is 12.1 Å². The van der Waals surface area contributed by atoms with E-state index < -0.39 is 0 Å². The third-order valence-corrected chi connectivity index (χ3v) is 2.08. The minimum Gasteiger partial charge on any atom is -0.300 e. The van der Waals surface area contributed by atoms with Gasteiger partial charge in [0.15, 0.2) is 0 Å². The molecule has 0 spiro atoms. The second-order valence-electron chi connectivity index (χ2n) is 3.36. The molecule has 0 radical (unpaired) electrons. The highest BCUT2D eigenvalue weighted by molar-refractivity contribution is 5.75. The van der Waals surface area contributed by atoms with Gasteiger partial charge in [-0.15, -0.1) is 0 Å². The van der Waals surface area contributed by atoms with Crippen LogP contribution in [0.2, 0.25) is 0 Å². The zero-order valence-corrected chi connectivity index (χ0v) is 8.29. The number of hydrogen-bond donors (Lipinski definition) is 0. The Morgan fingerprint density at radius 3 is 2.50 bits per heavy atom. The Morgan fingerprint density at radius 1 is 1.36 bits per heavy atom. The Kier molecular flexibility index (Phi) is 3.87. The molecule has 14 heavy (non-hydrogen) atoms. The summed E-state index contributed by atoms with van der Waals surface area (Å²) in [6.45, 7) is 1.61. The van der Waals surface area contributed by atoms with Crippen LogP contribution in [0, 0.1) is 11.3 Å². The van der Waals surface area contributed by atoms with Crippen LogP contribution in [0.15, 0.2) is 24.3 Å². The van der Waals surface area contributed by atoms with Gasteiger partial charge in [0.2, 0.25) is 0 Å². The van der Waals surface area contributed by atoms with Gasteiger partial charge in [-0.3, -0.25) is 0 Å². The van der Waals surface area contributed by atoms with Crippen molar-refractivity contribution in [2.45, 2.75) is 26.2 Å². The maximum atomic E-state index is 10.7. The number of carbonyl (C=O) groups excluding carboxylic acids is 1. The van der Waals surface area contributed by atoms with Crippen molar-refractivity contribution in [1.82, 2.24) is 0 Å². The molecule has 0 bridgehead atoms. The van der Waals surface area contributed by atoms with E-state index in [4.69, 9.17) is 5.26 Å². The van der Waals surface area contributed by atoms with Gasteiger partial charge in [-0.2, -0.15) is 5.26 Å². The van der Waals surface area contributed by atoms with E-state index in [0.717, 1.165) is 12.8 Å². The van der Waals surface area contributed by atoms with Gasteiger partial charge < -0.3 is 4.79 Å². The van der Waals surface area contributed by atoms with E-state index in [1.165, 1.54) is 5.56 Å². The molecule has 0 unspecified atom stereocenters. The van der Waals surface area contributed by atoms with Gasteiger partial charge in [0.25, 0.3) is 0 Å². The third kappa shape index (κ3) is 3.40. The summed E-state index contributed by atoms with van der Waals surface area (Å²) < 4.78 is 0. The third-order valence-electron chi connectivity index (χ3n) is 2.08. The van der Waals surface area contributed by atoms with Crippen LogP contribution in [0.3, 0.4) is 0 Å². The molecule has 0 aliphatic heterocycles. The lowest BCUT2D eigenvalue weighted by Crippen LogP contribution is -1.92. The minimum atomic E-state index is 0.235. The van der Waals surface area contributed by atoms with Gasteiger partial charge in [-0.25, -0.2) is 0 Å². The molecule has 0 aromatic heterocycles. The lowest BCUT2D eigenvalue weighted by molar-refractivity contribution is -0.117. The highest BCUT2D eigenvalue weighted by Crippen LogP contribution is 2.07. The Morgan fingerprint density at radius 2 is 2.00 bits per heavy atom. The van der Waals surface area contributed by atoms with E-state index in [9.17, 15) is 4.79 Å². The van der Waals surface area contributed by atoms with E-state index in [2.05, 4.69) is 6.07 Å². The van der Waals surface area contributed by atoms with Crippen molar-refractivity contribution in [3.8, 4) is 6.07 Å². The molecular weight excluding hydrogens is 174 g/mol. The van der Waals surface area contributed by atoms with E-state index in [1.807, 2.05) is 24.3 Å². The molecule has 0 N–H and O–H groups in total. The number of nitriles is 1. The predicted octanol–water partition coefficient (Wildman–Crippen LogP) is 2.47. The fourth-order valence-electron chi connectivity index (χ4n) is 1.29. The molecule has 0 saturated carbocycles. The highest BCUT2D eigenvalue weighted by atomic mass is 16.1. The minimum absolute atomic E-state index is 0.235. The lowest BCUT2D eigenvalue weighted by Gasteiger charge is -1.99. The molecule has 0 atom stereocenters. The summed E-state index contributed by atoms with van der Waals surface area (Å²) in [4.78, 5) is 10.7. The standard InChI is InChI=1S/C12H13NO/c1-10(14)3-2-4-11-5-7-12(9-13)8-6-11/h5-8H,2-4H2,1H3. The first-order valence-electron chi connectivity index (χ1n) is 4.71. The van der Waals surface area contributed by atoms with Gasteiger partial charge in [0.1, 0.15) is 5.78 Å². The molecule has 2 heteroatoms. The van der Waals surface area contributed by atoms with Crippen molar-refractivity contribution in [3.63, 3.8) is 0 Å². The summed E-state index contributed by atoms with van der Waals surface area (Å²) in [7, 11) is 0. The van der Waals surface area contributed by atoms with Crippen molar-refractivity contribution in [2.75, 3.05) is 0 Å². The molecule has 2 nitrogen and oxygen atoms in total. The van der Waals surface area contributed by atoms with Crippen molar-refractivity contribution in [3.05, 3.63) is 35.4 Å². The number of aryl methyl sites for hydroxylation is 1. The molecule has 1 aromatic carbocycles. The molecule has 0 aliphatic carbocycles. The first kappa shape index (κ1) is 10.5. The van der Waals surface area contributed by atoms with E-state index in [0.29, 0.717) is 12.0 Å². The zero-order chi connectivity index (χ0) is 10.4. The van der Waals surface area contributed by atoms with Crippen LogP contribution in [0.1, 0.15) is 30.9 Å². The number of benzene rings is 1. The second kappa shape index (κ2) is 5.18. The molecule has 0 saturated heterocycles. The molecule has 72 valence electrons. The smallest absolute Gasteiger partial charge is 0.129 e. The van der Waals surface area contributed by atoms with Crippen molar-refractivity contribution >= 4 is 5.78 Å². The van der Waals surface area contributed by atoms with Crippen LogP contribution in [0.5, 0.6) is 0 Å². The zero-order valence-electron chi connectivity index (χ0n) is 8.29. The first-order chi connectivity index (χ1) is 6.72. The number of rotatable bonds is 4. The Bertz CT molecular complexity index is 346.